The number of benzene rings is 3. The summed E-state index contributed by atoms with van der Waals surface area (Å²) in [4.78, 5) is 23.9. The fraction of sp³-hybridized carbons (Fsp3) is 0.194. The number of anilines is 1. The van der Waals surface area contributed by atoms with Gasteiger partial charge in [0, 0.05) is 24.5 Å². The van der Waals surface area contributed by atoms with Gasteiger partial charge < -0.3 is 14.6 Å². The molecule has 5 aromatic rings. The number of amides is 1. The highest BCUT2D eigenvalue weighted by Crippen LogP contribution is 2.32. The minimum atomic E-state index is -0.0491. The van der Waals surface area contributed by atoms with Gasteiger partial charge >= 0.3 is 0 Å². The van der Waals surface area contributed by atoms with E-state index in [0.29, 0.717) is 12.3 Å². The lowest BCUT2D eigenvalue weighted by atomic mass is 10.0. The van der Waals surface area contributed by atoms with Crippen LogP contribution in [-0.4, -0.2) is 33.4 Å². The number of furan rings is 1. The smallest absolute Gasteiger partial charge is 0.290 e. The monoisotopic (exact) mass is 488 g/mol. The van der Waals surface area contributed by atoms with Crippen molar-refractivity contribution in [2.75, 3.05) is 11.9 Å². The molecule has 3 aromatic carbocycles. The van der Waals surface area contributed by atoms with Gasteiger partial charge in [-0.15, -0.1) is 0 Å². The van der Waals surface area contributed by atoms with Crippen LogP contribution in [0.3, 0.4) is 0 Å². The highest BCUT2D eigenvalue weighted by atomic mass is 16.3. The van der Waals surface area contributed by atoms with Crippen LogP contribution in [0.2, 0.25) is 0 Å². The SMILES string of the molecule is O=C(c1ccco1)N(Cc1cccc(-c2ccc3ncnc(NCCc4ccccc4)c3c2)c1)C1CC1. The van der Waals surface area contributed by atoms with Crippen LogP contribution < -0.4 is 5.32 Å². The summed E-state index contributed by atoms with van der Waals surface area (Å²) >= 11 is 0. The van der Waals surface area contributed by atoms with Gasteiger partial charge in [0.25, 0.3) is 5.91 Å². The fourth-order valence-corrected chi connectivity index (χ4v) is 4.69. The average Bonchev–Trinajstić information content (AvgIpc) is 3.64. The molecule has 1 aliphatic rings. The third-order valence-electron chi connectivity index (χ3n) is 6.78. The Kier molecular flexibility index (Phi) is 6.38. The Morgan fingerprint density at radius 3 is 2.54 bits per heavy atom. The van der Waals surface area contributed by atoms with Crippen LogP contribution in [-0.2, 0) is 13.0 Å². The zero-order chi connectivity index (χ0) is 25.0. The van der Waals surface area contributed by atoms with E-state index in [1.54, 1.807) is 24.7 Å². The molecular weight excluding hydrogens is 460 g/mol. The molecule has 1 fully saturated rings. The maximum Gasteiger partial charge on any atom is 0.290 e. The Hall–Kier alpha value is -4.45. The van der Waals surface area contributed by atoms with E-state index >= 15 is 0 Å². The molecule has 1 aliphatic carbocycles. The summed E-state index contributed by atoms with van der Waals surface area (Å²) in [7, 11) is 0. The molecule has 2 heterocycles. The number of hydrogen-bond donors (Lipinski definition) is 1. The summed E-state index contributed by atoms with van der Waals surface area (Å²) in [6.45, 7) is 1.34. The zero-order valence-electron chi connectivity index (χ0n) is 20.5. The van der Waals surface area contributed by atoms with Gasteiger partial charge in [-0.3, -0.25) is 4.79 Å². The Bertz CT molecular complexity index is 1510. The van der Waals surface area contributed by atoms with Crippen LogP contribution >= 0.6 is 0 Å². The lowest BCUT2D eigenvalue weighted by molar-refractivity contribution is 0.0697. The number of carbonyl (C=O) groups is 1. The number of carbonyl (C=O) groups excluding carboxylic acids is 1. The second-order valence-corrected chi connectivity index (χ2v) is 9.46. The number of rotatable bonds is 9. The first kappa shape index (κ1) is 23.0. The highest BCUT2D eigenvalue weighted by molar-refractivity contribution is 5.93. The summed E-state index contributed by atoms with van der Waals surface area (Å²) in [5, 5.41) is 4.49. The van der Waals surface area contributed by atoms with Crippen molar-refractivity contribution in [1.29, 1.82) is 0 Å². The molecule has 0 spiro atoms. The molecule has 6 heteroatoms. The predicted octanol–water partition coefficient (Wildman–Crippen LogP) is 6.35. The van der Waals surface area contributed by atoms with Crippen molar-refractivity contribution >= 4 is 22.6 Å². The van der Waals surface area contributed by atoms with Crippen LogP contribution in [0.4, 0.5) is 5.82 Å². The molecule has 1 amide bonds. The Morgan fingerprint density at radius 2 is 1.73 bits per heavy atom. The first-order valence-corrected chi connectivity index (χ1v) is 12.7. The maximum atomic E-state index is 13.0. The number of fused-ring (bicyclic) bond motifs is 1. The minimum absolute atomic E-state index is 0.0491. The number of aromatic nitrogens is 2. The third-order valence-corrected chi connectivity index (χ3v) is 6.78. The lowest BCUT2D eigenvalue weighted by Crippen LogP contribution is -2.32. The molecule has 0 bridgehead atoms. The first-order chi connectivity index (χ1) is 18.2. The molecule has 0 saturated heterocycles. The molecule has 0 aliphatic heterocycles. The largest absolute Gasteiger partial charge is 0.459 e. The molecule has 37 heavy (non-hydrogen) atoms. The van der Waals surface area contributed by atoms with Gasteiger partial charge in [-0.25, -0.2) is 9.97 Å². The Balaban J connectivity index is 1.23. The van der Waals surface area contributed by atoms with E-state index < -0.39 is 0 Å². The van der Waals surface area contributed by atoms with E-state index in [2.05, 4.69) is 75.9 Å². The van der Waals surface area contributed by atoms with Crippen LogP contribution in [0, 0.1) is 0 Å². The number of nitrogens with zero attached hydrogens (tertiary/aromatic N) is 3. The molecule has 6 nitrogen and oxygen atoms in total. The van der Waals surface area contributed by atoms with E-state index in [-0.39, 0.29) is 11.9 Å². The average molecular weight is 489 g/mol. The van der Waals surface area contributed by atoms with E-state index in [4.69, 9.17) is 4.42 Å². The van der Waals surface area contributed by atoms with Crippen molar-refractivity contribution < 1.29 is 9.21 Å². The predicted molar refractivity (Wildman–Crippen MR) is 145 cm³/mol. The van der Waals surface area contributed by atoms with Gasteiger partial charge in [0.05, 0.1) is 11.8 Å². The molecule has 2 aromatic heterocycles. The summed E-state index contributed by atoms with van der Waals surface area (Å²) < 4.78 is 5.38. The number of nitrogens with one attached hydrogen (secondary N) is 1. The van der Waals surface area contributed by atoms with Gasteiger partial charge in [-0.2, -0.15) is 0 Å². The zero-order valence-corrected chi connectivity index (χ0v) is 20.5. The standard InChI is InChI=1S/C31H28N4O2/c36-31(29-10-5-17-37-29)35(26-12-13-26)20-23-8-4-9-24(18-23)25-11-14-28-27(19-25)30(34-21-33-28)32-16-15-22-6-2-1-3-7-22/h1-11,14,17-19,21,26H,12-13,15-16,20H2,(H,32,33,34). The van der Waals surface area contributed by atoms with Gasteiger partial charge in [0.1, 0.15) is 12.1 Å². The van der Waals surface area contributed by atoms with Crippen molar-refractivity contribution in [2.45, 2.75) is 31.8 Å². The molecular formula is C31H28N4O2. The Morgan fingerprint density at radius 1 is 0.892 bits per heavy atom. The molecule has 0 atom stereocenters. The second kappa shape index (κ2) is 10.3. The lowest BCUT2D eigenvalue weighted by Gasteiger charge is -2.22. The van der Waals surface area contributed by atoms with E-state index in [1.807, 2.05) is 17.0 Å². The molecule has 0 unspecified atom stereocenters. The van der Waals surface area contributed by atoms with Crippen LogP contribution in [0.15, 0.2) is 102 Å². The summed E-state index contributed by atoms with van der Waals surface area (Å²) in [5.41, 5.74) is 5.47. The van der Waals surface area contributed by atoms with Crippen LogP contribution in [0.1, 0.15) is 34.5 Å². The number of hydrogen-bond acceptors (Lipinski definition) is 5. The van der Waals surface area contributed by atoms with E-state index in [0.717, 1.165) is 59.2 Å². The van der Waals surface area contributed by atoms with Gasteiger partial charge in [0.15, 0.2) is 5.76 Å². The van der Waals surface area contributed by atoms with Crippen molar-refractivity contribution in [3.63, 3.8) is 0 Å². The topological polar surface area (TPSA) is 71.3 Å². The first-order valence-electron chi connectivity index (χ1n) is 12.7. The fourth-order valence-electron chi connectivity index (χ4n) is 4.69. The van der Waals surface area contributed by atoms with Crippen molar-refractivity contribution in [1.82, 2.24) is 14.9 Å². The molecule has 1 saturated carbocycles. The van der Waals surface area contributed by atoms with E-state index in [9.17, 15) is 4.79 Å². The van der Waals surface area contributed by atoms with Crippen LogP contribution in [0.5, 0.6) is 0 Å². The normalized spacial score (nSPS) is 13.0. The molecule has 1 N–H and O–H groups in total. The molecule has 184 valence electrons. The highest BCUT2D eigenvalue weighted by Gasteiger charge is 2.34. The summed E-state index contributed by atoms with van der Waals surface area (Å²) in [6, 6.07) is 28.9. The Labute approximate surface area is 216 Å². The second-order valence-electron chi connectivity index (χ2n) is 9.46. The van der Waals surface area contributed by atoms with E-state index in [1.165, 1.54) is 5.56 Å². The van der Waals surface area contributed by atoms with Gasteiger partial charge in [0.2, 0.25) is 0 Å². The quantitative estimate of drug-likeness (QED) is 0.262. The van der Waals surface area contributed by atoms with Gasteiger partial charge in [-0.1, -0.05) is 54.6 Å². The van der Waals surface area contributed by atoms with Crippen molar-refractivity contribution in [2.24, 2.45) is 0 Å². The van der Waals surface area contributed by atoms with Crippen molar-refractivity contribution in [3.05, 3.63) is 114 Å². The maximum absolute atomic E-state index is 13.0. The molecule has 6 rings (SSSR count). The third kappa shape index (κ3) is 5.23. The van der Waals surface area contributed by atoms with Crippen LogP contribution in [0.25, 0.3) is 22.0 Å². The van der Waals surface area contributed by atoms with Gasteiger partial charge in [-0.05, 0) is 71.8 Å². The summed E-state index contributed by atoms with van der Waals surface area (Å²) in [6.07, 6.45) is 6.15. The molecule has 0 radical (unpaired) electrons. The summed E-state index contributed by atoms with van der Waals surface area (Å²) in [5.74, 6) is 1.18. The minimum Gasteiger partial charge on any atom is -0.459 e. The van der Waals surface area contributed by atoms with Crippen molar-refractivity contribution in [3.8, 4) is 11.1 Å².